The summed E-state index contributed by atoms with van der Waals surface area (Å²) in [6.07, 6.45) is 6.48. The molecular formula is C44H29N3O. The van der Waals surface area contributed by atoms with Crippen LogP contribution in [0.25, 0.3) is 95.4 Å². The molecule has 0 bridgehead atoms. The van der Waals surface area contributed by atoms with Gasteiger partial charge in [-0.05, 0) is 65.4 Å². The maximum absolute atomic E-state index is 6.62. The van der Waals surface area contributed by atoms with Gasteiger partial charge in [0.05, 0.1) is 27.5 Å². The lowest BCUT2D eigenvalue weighted by molar-refractivity contribution is 0.673. The van der Waals surface area contributed by atoms with Crippen LogP contribution in [-0.2, 0) is 0 Å². The molecule has 226 valence electrons. The molecule has 3 aromatic heterocycles. The second-order valence-corrected chi connectivity index (χ2v) is 12.5. The van der Waals surface area contributed by atoms with E-state index >= 15 is 0 Å². The Balaban J connectivity index is 1.29. The number of para-hydroxylation sites is 1. The van der Waals surface area contributed by atoms with Crippen LogP contribution in [-0.4, -0.2) is 14.5 Å². The number of fused-ring (bicyclic) bond motifs is 8. The summed E-state index contributed by atoms with van der Waals surface area (Å²) in [5, 5.41) is 6.49. The van der Waals surface area contributed by atoms with Crippen molar-refractivity contribution in [2.75, 3.05) is 0 Å². The van der Waals surface area contributed by atoms with Gasteiger partial charge in [0.25, 0.3) is 0 Å². The summed E-state index contributed by atoms with van der Waals surface area (Å²) >= 11 is 0. The second-order valence-electron chi connectivity index (χ2n) is 12.5. The highest BCUT2D eigenvalue weighted by atomic mass is 16.3. The SMILES string of the molecule is C1=c2nc(-n3c4cc(-c5cccc(-c6ccccc6)c5)ccc4c4c5oc6ccccc6c5ccc43)nc(-c3ccccc3)c2=CCC1. The molecule has 0 saturated heterocycles. The van der Waals surface area contributed by atoms with Crippen molar-refractivity contribution >= 4 is 55.9 Å². The van der Waals surface area contributed by atoms with Crippen LogP contribution in [0, 0.1) is 0 Å². The Morgan fingerprint density at radius 2 is 1.19 bits per heavy atom. The van der Waals surface area contributed by atoms with Gasteiger partial charge in [-0.25, -0.2) is 9.97 Å². The minimum absolute atomic E-state index is 0.657. The standard InChI is InChI=1S/C44H29N3O/c1-3-12-28(13-4-1)30-16-11-17-31(26-30)32-22-23-36-39(27-32)47(38-25-24-34-33-18-8-10-21-40(33)48-43(34)41(36)38)44-45-37-20-9-7-19-35(37)42(46-44)29-14-5-2-6-15-29/h1-6,8,10-27H,7,9H2. The van der Waals surface area contributed by atoms with E-state index in [0.29, 0.717) is 5.95 Å². The van der Waals surface area contributed by atoms with E-state index in [1.54, 1.807) is 0 Å². The number of rotatable bonds is 4. The lowest BCUT2D eigenvalue weighted by atomic mass is 9.98. The van der Waals surface area contributed by atoms with Crippen LogP contribution in [0.3, 0.4) is 0 Å². The van der Waals surface area contributed by atoms with Gasteiger partial charge in [-0.1, -0.05) is 121 Å². The lowest BCUT2D eigenvalue weighted by Gasteiger charge is -2.12. The van der Waals surface area contributed by atoms with Gasteiger partial charge in [0.1, 0.15) is 11.2 Å². The molecule has 0 amide bonds. The number of aromatic nitrogens is 3. The van der Waals surface area contributed by atoms with Crippen LogP contribution in [0.2, 0.25) is 0 Å². The molecule has 0 aliphatic heterocycles. The van der Waals surface area contributed by atoms with Crippen molar-refractivity contribution in [2.24, 2.45) is 0 Å². The molecule has 1 aliphatic rings. The summed E-state index contributed by atoms with van der Waals surface area (Å²) in [6, 6.07) is 49.2. The molecule has 0 N–H and O–H groups in total. The van der Waals surface area contributed by atoms with Gasteiger partial charge >= 0.3 is 0 Å². The summed E-state index contributed by atoms with van der Waals surface area (Å²) in [5.74, 6) is 0.657. The molecule has 4 nitrogen and oxygen atoms in total. The maximum Gasteiger partial charge on any atom is 0.235 e. The molecule has 0 saturated carbocycles. The molecule has 0 atom stereocenters. The second kappa shape index (κ2) is 10.6. The van der Waals surface area contributed by atoms with Crippen molar-refractivity contribution < 1.29 is 4.42 Å². The number of hydrogen-bond donors (Lipinski definition) is 0. The maximum atomic E-state index is 6.62. The van der Waals surface area contributed by atoms with E-state index in [1.165, 1.54) is 11.1 Å². The molecule has 10 rings (SSSR count). The summed E-state index contributed by atoms with van der Waals surface area (Å²) in [6.45, 7) is 0. The first-order valence-corrected chi connectivity index (χ1v) is 16.5. The fourth-order valence-corrected chi connectivity index (χ4v) is 7.38. The van der Waals surface area contributed by atoms with Crippen LogP contribution in [0.5, 0.6) is 0 Å². The highest BCUT2D eigenvalue weighted by Gasteiger charge is 2.21. The van der Waals surface area contributed by atoms with Crippen LogP contribution in [0.4, 0.5) is 0 Å². The zero-order valence-corrected chi connectivity index (χ0v) is 26.1. The zero-order chi connectivity index (χ0) is 31.6. The molecule has 9 aromatic rings. The van der Waals surface area contributed by atoms with Crippen LogP contribution in [0.15, 0.2) is 144 Å². The summed E-state index contributed by atoms with van der Waals surface area (Å²) in [5.41, 5.74) is 10.6. The normalized spacial score (nSPS) is 12.8. The first kappa shape index (κ1) is 26.9. The monoisotopic (exact) mass is 615 g/mol. The van der Waals surface area contributed by atoms with Crippen LogP contribution in [0.1, 0.15) is 12.8 Å². The average molecular weight is 616 g/mol. The molecular weight excluding hydrogens is 587 g/mol. The van der Waals surface area contributed by atoms with E-state index in [2.05, 4.69) is 138 Å². The molecule has 0 unspecified atom stereocenters. The molecule has 6 aromatic carbocycles. The largest absolute Gasteiger partial charge is 0.455 e. The van der Waals surface area contributed by atoms with Gasteiger partial charge in [-0.3, -0.25) is 4.57 Å². The quantitative estimate of drug-likeness (QED) is 0.198. The predicted molar refractivity (Wildman–Crippen MR) is 197 cm³/mol. The smallest absolute Gasteiger partial charge is 0.235 e. The highest BCUT2D eigenvalue weighted by Crippen LogP contribution is 2.41. The van der Waals surface area contributed by atoms with Gasteiger partial charge in [-0.15, -0.1) is 0 Å². The van der Waals surface area contributed by atoms with Crippen LogP contribution >= 0.6 is 0 Å². The Labute approximate surface area is 276 Å². The third-order valence-corrected chi connectivity index (χ3v) is 9.64. The van der Waals surface area contributed by atoms with Gasteiger partial charge in [-0.2, -0.15) is 0 Å². The molecule has 0 spiro atoms. The van der Waals surface area contributed by atoms with Crippen LogP contribution < -0.4 is 10.6 Å². The molecule has 0 fully saturated rings. The third-order valence-electron chi connectivity index (χ3n) is 9.64. The summed E-state index contributed by atoms with van der Waals surface area (Å²) in [7, 11) is 0. The van der Waals surface area contributed by atoms with Crippen molar-refractivity contribution in [1.29, 1.82) is 0 Å². The van der Waals surface area contributed by atoms with Gasteiger partial charge in [0, 0.05) is 26.9 Å². The molecule has 3 heterocycles. The average Bonchev–Trinajstić information content (AvgIpc) is 3.70. The van der Waals surface area contributed by atoms with Gasteiger partial charge in [0.15, 0.2) is 0 Å². The third kappa shape index (κ3) is 4.16. The van der Waals surface area contributed by atoms with E-state index in [4.69, 9.17) is 14.4 Å². The number of nitrogens with zero attached hydrogens (tertiary/aromatic N) is 3. The minimum atomic E-state index is 0.657. The van der Waals surface area contributed by atoms with E-state index in [0.717, 1.165) is 89.5 Å². The topological polar surface area (TPSA) is 43.9 Å². The Bertz CT molecular complexity index is 2830. The van der Waals surface area contributed by atoms with Crippen molar-refractivity contribution in [2.45, 2.75) is 12.8 Å². The van der Waals surface area contributed by atoms with Crippen molar-refractivity contribution in [3.8, 4) is 39.5 Å². The Morgan fingerprint density at radius 3 is 2.04 bits per heavy atom. The first-order chi connectivity index (χ1) is 23.8. The number of furan rings is 1. The molecule has 1 aliphatic carbocycles. The first-order valence-electron chi connectivity index (χ1n) is 16.5. The van der Waals surface area contributed by atoms with E-state index in [1.807, 2.05) is 18.2 Å². The van der Waals surface area contributed by atoms with Gasteiger partial charge < -0.3 is 4.42 Å². The molecule has 4 heteroatoms. The number of benzene rings is 6. The fourth-order valence-electron chi connectivity index (χ4n) is 7.38. The van der Waals surface area contributed by atoms with Crippen molar-refractivity contribution in [1.82, 2.24) is 14.5 Å². The lowest BCUT2D eigenvalue weighted by Crippen LogP contribution is -2.34. The van der Waals surface area contributed by atoms with Crippen molar-refractivity contribution in [3.63, 3.8) is 0 Å². The van der Waals surface area contributed by atoms with E-state index in [-0.39, 0.29) is 0 Å². The molecule has 48 heavy (non-hydrogen) atoms. The number of hydrogen-bond acceptors (Lipinski definition) is 3. The van der Waals surface area contributed by atoms with E-state index in [9.17, 15) is 0 Å². The Kier molecular flexibility index (Phi) is 5.97. The fraction of sp³-hybridized carbons (Fsp3) is 0.0455. The Morgan fingerprint density at radius 1 is 0.500 bits per heavy atom. The Hall–Kier alpha value is -6.26. The predicted octanol–water partition coefficient (Wildman–Crippen LogP) is 9.83. The summed E-state index contributed by atoms with van der Waals surface area (Å²) < 4.78 is 8.85. The van der Waals surface area contributed by atoms with E-state index < -0.39 is 0 Å². The zero-order valence-electron chi connectivity index (χ0n) is 26.1. The summed E-state index contributed by atoms with van der Waals surface area (Å²) in [4.78, 5) is 10.6. The molecule has 0 radical (unpaired) electrons. The van der Waals surface area contributed by atoms with Crippen molar-refractivity contribution in [3.05, 3.63) is 150 Å². The highest BCUT2D eigenvalue weighted by molar-refractivity contribution is 6.24. The minimum Gasteiger partial charge on any atom is -0.455 e. The van der Waals surface area contributed by atoms with Gasteiger partial charge in [0.2, 0.25) is 5.95 Å².